The summed E-state index contributed by atoms with van der Waals surface area (Å²) in [5, 5.41) is 0. The van der Waals surface area contributed by atoms with Gasteiger partial charge < -0.3 is 4.74 Å². The molecule has 0 saturated carbocycles. The molecule has 0 atom stereocenters. The monoisotopic (exact) mass is 236 g/mol. The molecule has 0 aromatic heterocycles. The molecule has 0 heterocycles. The van der Waals surface area contributed by atoms with Gasteiger partial charge in [-0.3, -0.25) is 0 Å². The number of methoxy groups -OCH3 is 1. The molecule has 0 radical (unpaired) electrons. The number of carbonyl (C=O) groups excluding carboxylic acids is 1. The van der Waals surface area contributed by atoms with Crippen molar-refractivity contribution in [1.82, 2.24) is 0 Å². The summed E-state index contributed by atoms with van der Waals surface area (Å²) in [5.74, 6) is -0.759. The lowest BCUT2D eigenvalue weighted by molar-refractivity contribution is -0.136. The lowest BCUT2D eigenvalue weighted by Gasteiger charge is -2.12. The van der Waals surface area contributed by atoms with Gasteiger partial charge in [-0.2, -0.15) is 13.2 Å². The SMILES string of the molecule is CCC(C)=C(C=C(C)C(=O)OC)C(F)(F)F. The minimum absolute atomic E-state index is 0.0670. The topological polar surface area (TPSA) is 26.3 Å². The van der Waals surface area contributed by atoms with Gasteiger partial charge >= 0.3 is 12.1 Å². The molecule has 0 aromatic carbocycles. The lowest BCUT2D eigenvalue weighted by Crippen LogP contribution is -2.14. The molecule has 0 unspecified atom stereocenters. The van der Waals surface area contributed by atoms with Crippen molar-refractivity contribution in [2.75, 3.05) is 7.11 Å². The van der Waals surface area contributed by atoms with Crippen LogP contribution >= 0.6 is 0 Å². The smallest absolute Gasteiger partial charge is 0.416 e. The fraction of sp³-hybridized carbons (Fsp3) is 0.545. The molecule has 0 amide bonds. The van der Waals surface area contributed by atoms with E-state index in [4.69, 9.17) is 0 Å². The number of alkyl halides is 3. The zero-order valence-electron chi connectivity index (χ0n) is 9.73. The minimum atomic E-state index is -4.45. The van der Waals surface area contributed by atoms with Crippen molar-refractivity contribution in [2.24, 2.45) is 0 Å². The average Bonchev–Trinajstić information content (AvgIpc) is 2.21. The fourth-order valence-corrected chi connectivity index (χ4v) is 1.07. The highest BCUT2D eigenvalue weighted by Crippen LogP contribution is 2.31. The van der Waals surface area contributed by atoms with Crippen molar-refractivity contribution in [3.63, 3.8) is 0 Å². The normalized spacial score (nSPS) is 14.6. The highest BCUT2D eigenvalue weighted by Gasteiger charge is 2.33. The number of rotatable bonds is 3. The van der Waals surface area contributed by atoms with E-state index in [2.05, 4.69) is 4.74 Å². The summed E-state index contributed by atoms with van der Waals surface area (Å²) in [6.45, 7) is 4.31. The van der Waals surface area contributed by atoms with E-state index in [1.807, 2.05) is 0 Å². The number of hydrogen-bond acceptors (Lipinski definition) is 2. The summed E-state index contributed by atoms with van der Waals surface area (Å²) in [7, 11) is 1.13. The van der Waals surface area contributed by atoms with E-state index in [0.717, 1.165) is 13.2 Å². The number of halogens is 3. The van der Waals surface area contributed by atoms with Crippen molar-refractivity contribution >= 4 is 5.97 Å². The van der Waals surface area contributed by atoms with Crippen LogP contribution in [0.5, 0.6) is 0 Å². The van der Waals surface area contributed by atoms with E-state index in [1.165, 1.54) is 13.8 Å². The van der Waals surface area contributed by atoms with Crippen molar-refractivity contribution in [3.05, 3.63) is 22.8 Å². The van der Waals surface area contributed by atoms with Gasteiger partial charge in [-0.15, -0.1) is 0 Å². The second kappa shape index (κ2) is 5.72. The molecule has 0 N–H and O–H groups in total. The van der Waals surface area contributed by atoms with Crippen LogP contribution in [0.2, 0.25) is 0 Å². The van der Waals surface area contributed by atoms with Gasteiger partial charge in [0.05, 0.1) is 12.7 Å². The molecular formula is C11H15F3O2. The second-order valence-electron chi connectivity index (χ2n) is 3.36. The van der Waals surface area contributed by atoms with Gasteiger partial charge in [0.1, 0.15) is 0 Å². The Morgan fingerprint density at radius 3 is 2.12 bits per heavy atom. The average molecular weight is 236 g/mol. The first kappa shape index (κ1) is 14.7. The van der Waals surface area contributed by atoms with Crippen LogP contribution in [-0.4, -0.2) is 19.3 Å². The first-order chi connectivity index (χ1) is 7.23. The molecule has 2 nitrogen and oxygen atoms in total. The third kappa shape index (κ3) is 4.08. The maximum atomic E-state index is 12.6. The Kier molecular flexibility index (Phi) is 5.27. The van der Waals surface area contributed by atoms with Gasteiger partial charge in [0, 0.05) is 5.57 Å². The Hall–Kier alpha value is -1.26. The van der Waals surface area contributed by atoms with E-state index in [9.17, 15) is 18.0 Å². The minimum Gasteiger partial charge on any atom is -0.466 e. The van der Waals surface area contributed by atoms with Crippen LogP contribution < -0.4 is 0 Å². The van der Waals surface area contributed by atoms with Gasteiger partial charge in [-0.25, -0.2) is 4.79 Å². The zero-order chi connectivity index (χ0) is 12.9. The third-order valence-corrected chi connectivity index (χ3v) is 2.16. The predicted octanol–water partition coefficient (Wildman–Crippen LogP) is 3.39. The molecule has 0 fully saturated rings. The van der Waals surface area contributed by atoms with Gasteiger partial charge in [-0.05, 0) is 26.3 Å². The van der Waals surface area contributed by atoms with E-state index in [1.54, 1.807) is 6.92 Å². The Morgan fingerprint density at radius 2 is 1.81 bits per heavy atom. The van der Waals surface area contributed by atoms with E-state index in [0.29, 0.717) is 0 Å². The summed E-state index contributed by atoms with van der Waals surface area (Å²) >= 11 is 0. The van der Waals surface area contributed by atoms with Gasteiger partial charge in [0.2, 0.25) is 0 Å². The molecule has 0 aromatic rings. The van der Waals surface area contributed by atoms with Crippen molar-refractivity contribution in [2.45, 2.75) is 33.4 Å². The maximum Gasteiger partial charge on any atom is 0.416 e. The van der Waals surface area contributed by atoms with Crippen LogP contribution in [0.25, 0.3) is 0 Å². The largest absolute Gasteiger partial charge is 0.466 e. The van der Waals surface area contributed by atoms with Crippen molar-refractivity contribution < 1.29 is 22.7 Å². The standard InChI is InChI=1S/C11H15F3O2/c1-5-7(2)9(11(12,13)14)6-8(3)10(15)16-4/h6H,5H2,1-4H3. The summed E-state index contributed by atoms with van der Waals surface area (Å²) in [4.78, 5) is 11.0. The van der Waals surface area contributed by atoms with Crippen LogP contribution in [-0.2, 0) is 9.53 Å². The van der Waals surface area contributed by atoms with Crippen LogP contribution in [0.15, 0.2) is 22.8 Å². The van der Waals surface area contributed by atoms with Gasteiger partial charge in [0.25, 0.3) is 0 Å². The number of allylic oxidation sites excluding steroid dienone is 3. The van der Waals surface area contributed by atoms with Crippen molar-refractivity contribution in [3.8, 4) is 0 Å². The molecular weight excluding hydrogens is 221 g/mol. The molecule has 0 aliphatic rings. The quantitative estimate of drug-likeness (QED) is 0.426. The Labute approximate surface area is 92.8 Å². The highest BCUT2D eigenvalue weighted by atomic mass is 19.4. The maximum absolute atomic E-state index is 12.6. The van der Waals surface area contributed by atoms with Gasteiger partial charge in [0.15, 0.2) is 0 Å². The van der Waals surface area contributed by atoms with Crippen molar-refractivity contribution in [1.29, 1.82) is 0 Å². The molecule has 0 aliphatic heterocycles. The summed E-state index contributed by atoms with van der Waals surface area (Å²) in [6.07, 6.45) is -3.35. The molecule has 16 heavy (non-hydrogen) atoms. The lowest BCUT2D eigenvalue weighted by atomic mass is 10.0. The van der Waals surface area contributed by atoms with Crippen LogP contribution in [0, 0.1) is 0 Å². The summed E-state index contributed by atoms with van der Waals surface area (Å²) < 4.78 is 42.2. The molecule has 92 valence electrons. The molecule has 0 saturated heterocycles. The predicted molar refractivity (Wildman–Crippen MR) is 54.8 cm³/mol. The highest BCUT2D eigenvalue weighted by molar-refractivity contribution is 5.88. The first-order valence-corrected chi connectivity index (χ1v) is 4.77. The number of ether oxygens (including phenoxy) is 1. The van der Waals surface area contributed by atoms with E-state index in [-0.39, 0.29) is 17.6 Å². The van der Waals surface area contributed by atoms with Crippen LogP contribution in [0.1, 0.15) is 27.2 Å². The molecule has 0 spiro atoms. The van der Waals surface area contributed by atoms with Crippen LogP contribution in [0.4, 0.5) is 13.2 Å². The fourth-order valence-electron chi connectivity index (χ4n) is 1.07. The van der Waals surface area contributed by atoms with E-state index >= 15 is 0 Å². The number of hydrogen-bond donors (Lipinski definition) is 0. The molecule has 0 bridgehead atoms. The number of carbonyl (C=O) groups is 1. The summed E-state index contributed by atoms with van der Waals surface area (Å²) in [5.41, 5.74) is -0.656. The Bertz CT molecular complexity index is 325. The van der Waals surface area contributed by atoms with Crippen LogP contribution in [0.3, 0.4) is 0 Å². The number of esters is 1. The second-order valence-corrected chi connectivity index (χ2v) is 3.36. The van der Waals surface area contributed by atoms with E-state index < -0.39 is 17.7 Å². The molecule has 0 rings (SSSR count). The summed E-state index contributed by atoms with van der Waals surface area (Å²) in [6, 6.07) is 0. The third-order valence-electron chi connectivity index (χ3n) is 2.16. The Balaban J connectivity index is 5.36. The molecule has 0 aliphatic carbocycles. The van der Waals surface area contributed by atoms with Gasteiger partial charge in [-0.1, -0.05) is 12.5 Å². The zero-order valence-corrected chi connectivity index (χ0v) is 9.73. The first-order valence-electron chi connectivity index (χ1n) is 4.77. The molecule has 5 heteroatoms. The Morgan fingerprint density at radius 1 is 1.31 bits per heavy atom.